The van der Waals surface area contributed by atoms with Gasteiger partial charge in [0, 0.05) is 19.8 Å². The van der Waals surface area contributed by atoms with Crippen LogP contribution in [0.15, 0.2) is 20.7 Å². The van der Waals surface area contributed by atoms with Gasteiger partial charge in [-0.15, -0.1) is 0 Å². The van der Waals surface area contributed by atoms with Crippen molar-refractivity contribution in [1.82, 2.24) is 14.3 Å². The second-order valence-electron chi connectivity index (χ2n) is 3.96. The van der Waals surface area contributed by atoms with Crippen molar-refractivity contribution in [3.8, 4) is 0 Å². The van der Waals surface area contributed by atoms with E-state index >= 15 is 0 Å². The second-order valence-corrected chi connectivity index (χ2v) is 5.97. The van der Waals surface area contributed by atoms with Crippen molar-refractivity contribution in [1.29, 1.82) is 0 Å². The Morgan fingerprint density at radius 1 is 1.47 bits per heavy atom. The van der Waals surface area contributed by atoms with E-state index in [2.05, 4.69) is 0 Å². The van der Waals surface area contributed by atoms with Gasteiger partial charge in [-0.05, 0) is 0 Å². The fourth-order valence-electron chi connectivity index (χ4n) is 1.32. The van der Waals surface area contributed by atoms with Gasteiger partial charge in [0.2, 0.25) is 10.0 Å². The number of aliphatic carboxylic acids is 1. The molecule has 1 heterocycles. The van der Waals surface area contributed by atoms with Gasteiger partial charge in [0.15, 0.2) is 4.90 Å². The van der Waals surface area contributed by atoms with Crippen molar-refractivity contribution in [3.05, 3.63) is 27.0 Å². The molecule has 1 atom stereocenters. The van der Waals surface area contributed by atoms with Crippen LogP contribution in [0, 0.1) is 5.92 Å². The van der Waals surface area contributed by atoms with E-state index in [1.165, 1.54) is 6.92 Å². The van der Waals surface area contributed by atoms with Crippen LogP contribution in [-0.4, -0.2) is 47.4 Å². The highest BCUT2D eigenvalue weighted by atomic mass is 32.2. The lowest BCUT2D eigenvalue weighted by atomic mass is 10.2. The lowest BCUT2D eigenvalue weighted by Crippen LogP contribution is -2.37. The molecule has 10 heteroatoms. The average molecular weight is 291 g/mol. The molecule has 0 aliphatic heterocycles. The molecule has 106 valence electrons. The molecule has 0 aliphatic rings. The predicted molar refractivity (Wildman–Crippen MR) is 64.3 cm³/mol. The number of hydrogen-bond acceptors (Lipinski definition) is 5. The van der Waals surface area contributed by atoms with Crippen LogP contribution >= 0.6 is 0 Å². The minimum absolute atomic E-state index is 0.295. The number of carboxylic acids is 1. The van der Waals surface area contributed by atoms with Crippen molar-refractivity contribution >= 4 is 16.0 Å². The zero-order valence-corrected chi connectivity index (χ0v) is 11.0. The molecule has 1 aromatic heterocycles. The number of aromatic nitrogens is 2. The molecule has 0 aliphatic carbocycles. The zero-order chi connectivity index (χ0) is 14.8. The van der Waals surface area contributed by atoms with E-state index in [9.17, 15) is 22.8 Å². The number of nitrogens with one attached hydrogen (secondary N) is 2. The van der Waals surface area contributed by atoms with Crippen molar-refractivity contribution in [2.45, 2.75) is 11.8 Å². The van der Waals surface area contributed by atoms with Gasteiger partial charge >= 0.3 is 11.7 Å². The smallest absolute Gasteiger partial charge is 0.325 e. The molecule has 1 aromatic rings. The first-order chi connectivity index (χ1) is 8.66. The summed E-state index contributed by atoms with van der Waals surface area (Å²) < 4.78 is 24.8. The molecule has 0 fully saturated rings. The van der Waals surface area contributed by atoms with Crippen LogP contribution in [-0.2, 0) is 14.8 Å². The lowest BCUT2D eigenvalue weighted by Gasteiger charge is -2.18. The quantitative estimate of drug-likeness (QED) is 0.597. The zero-order valence-electron chi connectivity index (χ0n) is 10.2. The van der Waals surface area contributed by atoms with Crippen LogP contribution in [0.3, 0.4) is 0 Å². The maximum Gasteiger partial charge on any atom is 0.325 e. The summed E-state index contributed by atoms with van der Waals surface area (Å²) in [6, 6.07) is 0. The first-order valence-electron chi connectivity index (χ1n) is 5.17. The molecule has 0 bridgehead atoms. The first kappa shape index (κ1) is 15.1. The summed E-state index contributed by atoms with van der Waals surface area (Å²) >= 11 is 0. The Labute approximate surface area is 107 Å². The Kier molecular flexibility index (Phi) is 4.27. The van der Waals surface area contributed by atoms with Crippen LogP contribution in [0.1, 0.15) is 6.92 Å². The summed E-state index contributed by atoms with van der Waals surface area (Å²) in [6.45, 7) is 1.04. The maximum absolute atomic E-state index is 12.0. The highest BCUT2D eigenvalue weighted by Crippen LogP contribution is 2.10. The van der Waals surface area contributed by atoms with Gasteiger partial charge in [0.25, 0.3) is 5.56 Å². The Morgan fingerprint density at radius 3 is 2.53 bits per heavy atom. The van der Waals surface area contributed by atoms with Crippen molar-refractivity contribution in [3.63, 3.8) is 0 Å². The molecule has 0 saturated heterocycles. The van der Waals surface area contributed by atoms with Crippen LogP contribution in [0.2, 0.25) is 0 Å². The summed E-state index contributed by atoms with van der Waals surface area (Å²) in [6.07, 6.45) is 0.776. The Bertz CT molecular complexity index is 688. The molecule has 1 unspecified atom stereocenters. The summed E-state index contributed by atoms with van der Waals surface area (Å²) in [5, 5.41) is 8.72. The largest absolute Gasteiger partial charge is 0.481 e. The van der Waals surface area contributed by atoms with E-state index in [1.54, 1.807) is 4.98 Å². The van der Waals surface area contributed by atoms with Gasteiger partial charge in [-0.2, -0.15) is 4.31 Å². The maximum atomic E-state index is 12.0. The van der Waals surface area contributed by atoms with E-state index in [0.717, 1.165) is 17.5 Å². The SMILES string of the molecule is CC(CN(C)S(=O)(=O)c1c[nH]c(=O)[nH]c1=O)C(=O)O. The summed E-state index contributed by atoms with van der Waals surface area (Å²) in [5.74, 6) is -2.08. The number of sulfonamides is 1. The molecule has 0 radical (unpaired) electrons. The Morgan fingerprint density at radius 2 is 2.05 bits per heavy atom. The van der Waals surface area contributed by atoms with E-state index in [4.69, 9.17) is 5.11 Å². The third-order valence-electron chi connectivity index (χ3n) is 2.43. The molecule has 0 spiro atoms. The summed E-state index contributed by atoms with van der Waals surface area (Å²) in [4.78, 5) is 36.1. The molecule has 1 rings (SSSR count). The van der Waals surface area contributed by atoms with Gasteiger partial charge in [0.1, 0.15) is 0 Å². The molecule has 9 nitrogen and oxygen atoms in total. The van der Waals surface area contributed by atoms with Crippen molar-refractivity contribution in [2.24, 2.45) is 5.92 Å². The Hall–Kier alpha value is -1.94. The number of hydrogen-bond donors (Lipinski definition) is 3. The highest BCUT2D eigenvalue weighted by Gasteiger charge is 2.27. The van der Waals surface area contributed by atoms with Crippen LogP contribution in [0.25, 0.3) is 0 Å². The normalized spacial score (nSPS) is 13.4. The molecule has 3 N–H and O–H groups in total. The van der Waals surface area contributed by atoms with Gasteiger partial charge in [-0.25, -0.2) is 13.2 Å². The van der Waals surface area contributed by atoms with Gasteiger partial charge in [-0.1, -0.05) is 6.92 Å². The Balaban J connectivity index is 3.14. The molecule has 0 aromatic carbocycles. The standard InChI is InChI=1S/C9H13N3O6S/c1-5(8(14)15)4-12(2)19(17,18)6-3-10-9(16)11-7(6)13/h3,5H,4H2,1-2H3,(H,14,15)(H2,10,11,13,16). The average Bonchev–Trinajstić information content (AvgIpc) is 2.27. The van der Waals surface area contributed by atoms with Crippen LogP contribution in [0.4, 0.5) is 0 Å². The number of H-pyrrole nitrogens is 2. The van der Waals surface area contributed by atoms with E-state index < -0.39 is 38.1 Å². The first-order valence-corrected chi connectivity index (χ1v) is 6.61. The van der Waals surface area contributed by atoms with Crippen molar-refractivity contribution < 1.29 is 18.3 Å². The number of carboxylic acid groups (broad SMARTS) is 1. The minimum atomic E-state index is -4.16. The molecular weight excluding hydrogens is 278 g/mol. The number of aromatic amines is 2. The molecular formula is C9H13N3O6S. The number of nitrogens with zero attached hydrogens (tertiary/aromatic N) is 1. The third kappa shape index (κ3) is 3.29. The summed E-state index contributed by atoms with van der Waals surface area (Å²) in [7, 11) is -3.01. The van der Waals surface area contributed by atoms with Crippen molar-refractivity contribution in [2.75, 3.05) is 13.6 Å². The highest BCUT2D eigenvalue weighted by molar-refractivity contribution is 7.89. The predicted octanol–water partition coefficient (Wildman–Crippen LogP) is -1.60. The van der Waals surface area contributed by atoms with Crippen LogP contribution < -0.4 is 11.2 Å². The van der Waals surface area contributed by atoms with Gasteiger partial charge in [0.05, 0.1) is 5.92 Å². The monoisotopic (exact) mass is 291 g/mol. The van der Waals surface area contributed by atoms with Gasteiger partial charge in [-0.3, -0.25) is 14.6 Å². The lowest BCUT2D eigenvalue weighted by molar-refractivity contribution is -0.141. The van der Waals surface area contributed by atoms with E-state index in [1.807, 2.05) is 4.98 Å². The third-order valence-corrected chi connectivity index (χ3v) is 4.25. The second kappa shape index (κ2) is 5.36. The molecule has 0 amide bonds. The fourth-order valence-corrected chi connectivity index (χ4v) is 2.57. The number of carbonyl (C=O) groups is 1. The van der Waals surface area contributed by atoms with Gasteiger partial charge < -0.3 is 10.1 Å². The van der Waals surface area contributed by atoms with E-state index in [-0.39, 0.29) is 6.54 Å². The topological polar surface area (TPSA) is 140 Å². The molecule has 19 heavy (non-hydrogen) atoms. The fraction of sp³-hybridized carbons (Fsp3) is 0.444. The number of rotatable bonds is 5. The molecule has 0 saturated carbocycles. The van der Waals surface area contributed by atoms with Crippen LogP contribution in [0.5, 0.6) is 0 Å². The summed E-state index contributed by atoms with van der Waals surface area (Å²) in [5.41, 5.74) is -1.89. The minimum Gasteiger partial charge on any atom is -0.481 e. The van der Waals surface area contributed by atoms with E-state index in [0.29, 0.717) is 0 Å².